The molecule has 0 aromatic heterocycles. The fraction of sp³-hybridized carbons (Fsp3) is 0.387. The van der Waals surface area contributed by atoms with Gasteiger partial charge in [-0.15, -0.1) is 0 Å². The van der Waals surface area contributed by atoms with Crippen LogP contribution in [0.1, 0.15) is 46.2 Å². The largest absolute Gasteiger partial charge is 0.493 e. The second kappa shape index (κ2) is 11.8. The van der Waals surface area contributed by atoms with Gasteiger partial charge in [-0.25, -0.2) is 0 Å². The molecule has 2 heterocycles. The minimum atomic E-state index is 0.198. The van der Waals surface area contributed by atoms with Crippen molar-refractivity contribution in [1.29, 1.82) is 0 Å². The fourth-order valence-electron chi connectivity index (χ4n) is 5.53. The van der Waals surface area contributed by atoms with E-state index in [0.717, 1.165) is 48.7 Å². The molecule has 0 radical (unpaired) electrons. The Kier molecular flexibility index (Phi) is 8.07. The van der Waals surface area contributed by atoms with Crippen LogP contribution in [-0.2, 0) is 22.6 Å². The van der Waals surface area contributed by atoms with Crippen molar-refractivity contribution < 1.29 is 19.0 Å². The third-order valence-corrected chi connectivity index (χ3v) is 7.39. The number of hydrogen-bond donors (Lipinski definition) is 0. The zero-order valence-corrected chi connectivity index (χ0v) is 22.0. The van der Waals surface area contributed by atoms with Crippen molar-refractivity contribution in [2.24, 2.45) is 5.16 Å². The molecule has 194 valence electrons. The topological polar surface area (TPSA) is 52.5 Å². The number of rotatable bonds is 9. The molecule has 37 heavy (non-hydrogen) atoms. The van der Waals surface area contributed by atoms with Crippen molar-refractivity contribution >= 4 is 5.71 Å². The van der Waals surface area contributed by atoms with Crippen molar-refractivity contribution in [3.05, 3.63) is 94.5 Å². The third-order valence-electron chi connectivity index (χ3n) is 7.39. The predicted molar refractivity (Wildman–Crippen MR) is 146 cm³/mol. The number of methoxy groups -OCH3 is 2. The normalized spacial score (nSPS) is 20.2. The smallest absolute Gasteiger partial charge is 0.164 e. The van der Waals surface area contributed by atoms with Gasteiger partial charge in [0.15, 0.2) is 11.5 Å². The summed E-state index contributed by atoms with van der Waals surface area (Å²) >= 11 is 0. The molecule has 0 aliphatic carbocycles. The van der Waals surface area contributed by atoms with E-state index in [0.29, 0.717) is 19.8 Å². The Morgan fingerprint density at radius 1 is 0.973 bits per heavy atom. The monoisotopic (exact) mass is 500 g/mol. The number of benzene rings is 3. The van der Waals surface area contributed by atoms with Crippen LogP contribution in [0.4, 0.5) is 0 Å². The number of nitrogens with zero attached hydrogens (tertiary/aromatic N) is 2. The van der Waals surface area contributed by atoms with Crippen LogP contribution >= 0.6 is 0 Å². The van der Waals surface area contributed by atoms with Crippen LogP contribution in [-0.4, -0.2) is 51.1 Å². The first kappa shape index (κ1) is 25.3. The minimum Gasteiger partial charge on any atom is -0.493 e. The molecular formula is C31H36N2O4. The van der Waals surface area contributed by atoms with Gasteiger partial charge in [0, 0.05) is 44.1 Å². The first-order valence-corrected chi connectivity index (χ1v) is 13.0. The molecule has 0 saturated carbocycles. The number of aryl methyl sites for hydroxylation is 1. The van der Waals surface area contributed by atoms with Crippen LogP contribution < -0.4 is 9.47 Å². The maximum absolute atomic E-state index is 6.17. The van der Waals surface area contributed by atoms with E-state index >= 15 is 0 Å². The van der Waals surface area contributed by atoms with Gasteiger partial charge < -0.3 is 19.0 Å². The highest BCUT2D eigenvalue weighted by atomic mass is 16.6. The van der Waals surface area contributed by atoms with Crippen LogP contribution in [0.15, 0.2) is 71.9 Å². The summed E-state index contributed by atoms with van der Waals surface area (Å²) in [4.78, 5) is 8.54. The van der Waals surface area contributed by atoms with Gasteiger partial charge in [-0.05, 0) is 36.1 Å². The summed E-state index contributed by atoms with van der Waals surface area (Å²) < 4.78 is 17.0. The first-order valence-electron chi connectivity index (χ1n) is 13.0. The SMILES string of the molecule is COCCOc1c(OC)ccc2c1CCN1C[C@H](c3cccc(C)c3)C(=NOCc3ccccc3)C[C@@H]21. The molecule has 3 aromatic rings. The van der Waals surface area contributed by atoms with Crippen LogP contribution in [0.3, 0.4) is 0 Å². The summed E-state index contributed by atoms with van der Waals surface area (Å²) in [5.74, 6) is 1.82. The zero-order valence-electron chi connectivity index (χ0n) is 22.0. The maximum Gasteiger partial charge on any atom is 0.164 e. The molecule has 3 aromatic carbocycles. The molecule has 0 spiro atoms. The van der Waals surface area contributed by atoms with Gasteiger partial charge in [-0.3, -0.25) is 4.90 Å². The number of ether oxygens (including phenoxy) is 3. The molecule has 6 nitrogen and oxygen atoms in total. The van der Waals surface area contributed by atoms with Crippen molar-refractivity contribution in [3.63, 3.8) is 0 Å². The number of fused-ring (bicyclic) bond motifs is 3. The maximum atomic E-state index is 6.17. The molecule has 0 N–H and O–H groups in total. The number of oxime groups is 1. The fourth-order valence-corrected chi connectivity index (χ4v) is 5.53. The third kappa shape index (κ3) is 5.65. The molecule has 1 fully saturated rings. The van der Waals surface area contributed by atoms with Gasteiger partial charge in [-0.1, -0.05) is 71.4 Å². The Morgan fingerprint density at radius 3 is 2.62 bits per heavy atom. The highest BCUT2D eigenvalue weighted by Crippen LogP contribution is 2.45. The second-order valence-electron chi connectivity index (χ2n) is 9.78. The van der Waals surface area contributed by atoms with Gasteiger partial charge in [0.1, 0.15) is 13.2 Å². The predicted octanol–water partition coefficient (Wildman–Crippen LogP) is 5.69. The average Bonchev–Trinajstić information content (AvgIpc) is 2.93. The Hall–Kier alpha value is -3.35. The second-order valence-corrected chi connectivity index (χ2v) is 9.78. The standard InChI is InChI=1S/C31H36N2O4/c1-22-8-7-11-24(18-22)27-20-33-15-14-26-25(12-13-30(35-3)31(26)36-17-16-34-2)29(33)19-28(27)32-37-21-23-9-5-4-6-10-23/h4-13,18,27,29H,14-17,19-21H2,1-3H3/t27-,29+/m1/s1. The molecule has 1 saturated heterocycles. The van der Waals surface area contributed by atoms with E-state index in [1.54, 1.807) is 14.2 Å². The Bertz CT molecular complexity index is 1230. The molecule has 0 unspecified atom stereocenters. The molecule has 2 aliphatic heterocycles. The molecule has 6 heteroatoms. The van der Waals surface area contributed by atoms with Gasteiger partial charge in [0.05, 0.1) is 19.4 Å². The van der Waals surface area contributed by atoms with E-state index in [-0.39, 0.29) is 12.0 Å². The van der Waals surface area contributed by atoms with E-state index in [1.165, 1.54) is 22.3 Å². The number of hydrogen-bond acceptors (Lipinski definition) is 6. The molecule has 0 bridgehead atoms. The van der Waals surface area contributed by atoms with Crippen LogP contribution in [0.2, 0.25) is 0 Å². The Labute approximate surface area is 219 Å². The summed E-state index contributed by atoms with van der Waals surface area (Å²) in [6, 6.07) is 23.4. The lowest BCUT2D eigenvalue weighted by Crippen LogP contribution is -2.45. The average molecular weight is 501 g/mol. The summed E-state index contributed by atoms with van der Waals surface area (Å²) in [6.45, 7) is 5.51. The van der Waals surface area contributed by atoms with Crippen LogP contribution in [0, 0.1) is 6.92 Å². The molecule has 2 atom stereocenters. The van der Waals surface area contributed by atoms with Crippen molar-refractivity contribution in [2.45, 2.75) is 38.3 Å². The van der Waals surface area contributed by atoms with E-state index in [1.807, 2.05) is 24.3 Å². The molecule has 0 amide bonds. The highest BCUT2D eigenvalue weighted by Gasteiger charge is 2.39. The highest BCUT2D eigenvalue weighted by molar-refractivity contribution is 5.92. The van der Waals surface area contributed by atoms with Crippen molar-refractivity contribution in [1.82, 2.24) is 4.90 Å². The summed E-state index contributed by atoms with van der Waals surface area (Å²) in [7, 11) is 3.38. The molecular weight excluding hydrogens is 464 g/mol. The Balaban J connectivity index is 1.45. The Morgan fingerprint density at radius 2 is 1.84 bits per heavy atom. The van der Waals surface area contributed by atoms with Gasteiger partial charge in [0.25, 0.3) is 0 Å². The summed E-state index contributed by atoms with van der Waals surface area (Å²) in [6.07, 6.45) is 1.73. The zero-order chi connectivity index (χ0) is 25.6. The minimum absolute atomic E-state index is 0.198. The van der Waals surface area contributed by atoms with Crippen LogP contribution in [0.25, 0.3) is 0 Å². The molecule has 5 rings (SSSR count). The van der Waals surface area contributed by atoms with Crippen molar-refractivity contribution in [3.8, 4) is 11.5 Å². The first-order chi connectivity index (χ1) is 18.2. The summed E-state index contributed by atoms with van der Waals surface area (Å²) in [5.41, 5.74) is 7.29. The number of piperidine rings is 1. The lowest BCUT2D eigenvalue weighted by molar-refractivity contribution is 0.119. The van der Waals surface area contributed by atoms with Gasteiger partial charge in [0.2, 0.25) is 0 Å². The van der Waals surface area contributed by atoms with Crippen molar-refractivity contribution in [2.75, 3.05) is 40.5 Å². The van der Waals surface area contributed by atoms with E-state index in [4.69, 9.17) is 24.2 Å². The molecule has 2 aliphatic rings. The summed E-state index contributed by atoms with van der Waals surface area (Å²) in [5, 5.41) is 4.76. The quantitative estimate of drug-likeness (QED) is 0.279. The van der Waals surface area contributed by atoms with Crippen LogP contribution in [0.5, 0.6) is 11.5 Å². The lowest BCUT2D eigenvalue weighted by Gasteiger charge is -2.44. The van der Waals surface area contributed by atoms with Gasteiger partial charge >= 0.3 is 0 Å². The van der Waals surface area contributed by atoms with Gasteiger partial charge in [-0.2, -0.15) is 0 Å². The van der Waals surface area contributed by atoms with E-state index in [9.17, 15) is 0 Å². The lowest BCUT2D eigenvalue weighted by atomic mass is 9.79. The van der Waals surface area contributed by atoms with E-state index in [2.05, 4.69) is 54.3 Å². The van der Waals surface area contributed by atoms with E-state index < -0.39 is 0 Å².